The molecule has 0 fully saturated rings. The molecule has 1 unspecified atom stereocenters. The third-order valence-corrected chi connectivity index (χ3v) is 6.18. The molecule has 0 aliphatic heterocycles. The van der Waals surface area contributed by atoms with E-state index >= 15 is 0 Å². The van der Waals surface area contributed by atoms with E-state index in [1.807, 2.05) is 54.6 Å². The van der Waals surface area contributed by atoms with E-state index in [4.69, 9.17) is 9.47 Å². The molecule has 3 N–H and O–H groups in total. The lowest BCUT2D eigenvalue weighted by atomic mass is 9.91. The maximum absolute atomic E-state index is 12.7. The molecule has 0 aliphatic carbocycles. The van der Waals surface area contributed by atoms with Crippen LogP contribution in [0.5, 0.6) is 11.5 Å². The molecule has 9 heteroatoms. The number of unbranched alkanes of at least 4 members (excludes halogenated alkanes) is 1. The van der Waals surface area contributed by atoms with Gasteiger partial charge in [-0.2, -0.15) is 0 Å². The molecule has 0 bridgehead atoms. The zero-order valence-corrected chi connectivity index (χ0v) is 22.1. The summed E-state index contributed by atoms with van der Waals surface area (Å²) in [5.74, 6) is -2.38. The van der Waals surface area contributed by atoms with Crippen molar-refractivity contribution in [2.75, 3.05) is 18.5 Å². The van der Waals surface area contributed by atoms with Crippen LogP contribution in [0.1, 0.15) is 59.5 Å². The summed E-state index contributed by atoms with van der Waals surface area (Å²) in [6, 6.07) is 21.0. The van der Waals surface area contributed by atoms with Gasteiger partial charge in [0.05, 0.1) is 24.7 Å². The Bertz CT molecular complexity index is 1290. The van der Waals surface area contributed by atoms with Crippen molar-refractivity contribution in [2.24, 2.45) is 0 Å². The average Bonchev–Trinajstić information content (AvgIpc) is 2.95. The number of nitrogens with one attached hydrogen (secondary N) is 1. The number of hydrogen-bond acceptors (Lipinski definition) is 6. The normalized spacial score (nSPS) is 11.3. The number of aldehydes is 1. The van der Waals surface area contributed by atoms with Gasteiger partial charge in [-0.05, 0) is 79.3 Å². The lowest BCUT2D eigenvalue weighted by Gasteiger charge is -2.18. The number of carbonyl (C=O) groups excluding carboxylic acids is 2. The van der Waals surface area contributed by atoms with E-state index in [0.717, 1.165) is 24.2 Å². The van der Waals surface area contributed by atoms with Crippen molar-refractivity contribution in [3.63, 3.8) is 0 Å². The molecule has 0 spiro atoms. The molecular weight excluding hydrogens is 514 g/mol. The fraction of sp³-hybridized carbons (Fsp3) is 0.290. The van der Waals surface area contributed by atoms with Crippen LogP contribution in [0.2, 0.25) is 0 Å². The number of hydrogen-bond donors (Lipinski definition) is 3. The van der Waals surface area contributed by atoms with Gasteiger partial charge in [0, 0.05) is 18.5 Å². The van der Waals surface area contributed by atoms with Crippen LogP contribution < -0.4 is 14.8 Å². The third-order valence-electron chi connectivity index (χ3n) is 6.18. The van der Waals surface area contributed by atoms with Crippen molar-refractivity contribution in [2.45, 2.75) is 44.4 Å². The van der Waals surface area contributed by atoms with E-state index in [1.54, 1.807) is 0 Å². The van der Waals surface area contributed by atoms with Crippen LogP contribution >= 0.6 is 0 Å². The molecule has 40 heavy (non-hydrogen) atoms. The minimum Gasteiger partial charge on any atom is -0.494 e. The number of rotatable bonds is 17. The fourth-order valence-corrected chi connectivity index (χ4v) is 4.11. The van der Waals surface area contributed by atoms with Gasteiger partial charge in [0.25, 0.3) is 0 Å². The highest BCUT2D eigenvalue weighted by atomic mass is 16.5. The molecule has 3 aromatic carbocycles. The minimum atomic E-state index is -1.22. The second-order valence-electron chi connectivity index (χ2n) is 9.15. The lowest BCUT2D eigenvalue weighted by Crippen LogP contribution is -2.19. The number of amides is 1. The molecule has 0 aromatic heterocycles. The van der Waals surface area contributed by atoms with Crippen LogP contribution in [0.15, 0.2) is 72.8 Å². The molecule has 1 amide bonds. The Morgan fingerprint density at radius 1 is 0.850 bits per heavy atom. The summed E-state index contributed by atoms with van der Waals surface area (Å²) < 4.78 is 11.5. The molecule has 0 heterocycles. The molecule has 210 valence electrons. The van der Waals surface area contributed by atoms with Gasteiger partial charge in [0.15, 0.2) is 0 Å². The van der Waals surface area contributed by atoms with Crippen LogP contribution in [-0.2, 0) is 20.8 Å². The monoisotopic (exact) mass is 547 g/mol. The Balaban J connectivity index is 1.52. The first-order valence-corrected chi connectivity index (χ1v) is 13.1. The molecule has 3 aromatic rings. The Morgan fingerprint density at radius 2 is 1.55 bits per heavy atom. The van der Waals surface area contributed by atoms with E-state index in [0.29, 0.717) is 31.7 Å². The van der Waals surface area contributed by atoms with Crippen molar-refractivity contribution in [3.8, 4) is 11.5 Å². The standard InChI is InChI=1S/C31H33NO8/c33-17-7-12-26(31(37)38)27-21-23(30(35)36)14-15-28(27)32-29(34)16-13-22-8-6-11-25(20-22)40-19-5-4-18-39-24-9-2-1-3-10-24/h1-3,6,8-11,14-15,17,20-21,26H,4-5,7,12-13,16,18-19H2,(H,32,34)(H,35,36)(H,37,38). The number of carbonyl (C=O) groups is 4. The Kier molecular flexibility index (Phi) is 11.7. The molecule has 0 aliphatic rings. The summed E-state index contributed by atoms with van der Waals surface area (Å²) in [6.45, 7) is 1.14. The molecule has 0 saturated carbocycles. The minimum absolute atomic E-state index is 0.0124. The molecule has 9 nitrogen and oxygen atoms in total. The summed E-state index contributed by atoms with van der Waals surface area (Å²) >= 11 is 0. The van der Waals surface area contributed by atoms with E-state index in [-0.39, 0.29) is 42.0 Å². The van der Waals surface area contributed by atoms with E-state index < -0.39 is 17.9 Å². The number of aliphatic carboxylic acids is 1. The number of anilines is 1. The van der Waals surface area contributed by atoms with Gasteiger partial charge in [0.2, 0.25) is 5.91 Å². The van der Waals surface area contributed by atoms with Crippen molar-refractivity contribution in [1.82, 2.24) is 0 Å². The summed E-state index contributed by atoms with van der Waals surface area (Å²) in [7, 11) is 0. The van der Waals surface area contributed by atoms with Gasteiger partial charge in [-0.25, -0.2) is 4.79 Å². The first-order valence-electron chi connectivity index (χ1n) is 13.1. The highest BCUT2D eigenvalue weighted by Crippen LogP contribution is 2.30. The summed E-state index contributed by atoms with van der Waals surface area (Å²) in [4.78, 5) is 46.9. The molecule has 0 saturated heterocycles. The Hall–Kier alpha value is -4.66. The average molecular weight is 548 g/mol. The van der Waals surface area contributed by atoms with Crippen LogP contribution in [0.3, 0.4) is 0 Å². The summed E-state index contributed by atoms with van der Waals surface area (Å²) in [5.41, 5.74) is 1.15. The van der Waals surface area contributed by atoms with E-state index in [1.165, 1.54) is 18.2 Å². The number of benzene rings is 3. The molecule has 0 radical (unpaired) electrons. The number of para-hydroxylation sites is 1. The van der Waals surface area contributed by atoms with Crippen molar-refractivity contribution < 1.29 is 38.9 Å². The number of ether oxygens (including phenoxy) is 2. The zero-order valence-electron chi connectivity index (χ0n) is 22.1. The van der Waals surface area contributed by atoms with Crippen LogP contribution in [0, 0.1) is 0 Å². The molecule has 3 rings (SSSR count). The van der Waals surface area contributed by atoms with Crippen LogP contribution in [-0.4, -0.2) is 47.6 Å². The SMILES string of the molecule is O=CCCC(C(=O)O)c1cc(C(=O)O)ccc1NC(=O)CCc1cccc(OCCCCOc2ccccc2)c1. The van der Waals surface area contributed by atoms with E-state index in [9.17, 15) is 29.4 Å². The zero-order chi connectivity index (χ0) is 28.7. The predicted molar refractivity (Wildman–Crippen MR) is 149 cm³/mol. The lowest BCUT2D eigenvalue weighted by molar-refractivity contribution is -0.139. The largest absolute Gasteiger partial charge is 0.494 e. The van der Waals surface area contributed by atoms with Gasteiger partial charge in [-0.15, -0.1) is 0 Å². The number of carboxylic acid groups (broad SMARTS) is 2. The smallest absolute Gasteiger partial charge is 0.335 e. The highest BCUT2D eigenvalue weighted by Gasteiger charge is 2.24. The maximum Gasteiger partial charge on any atom is 0.335 e. The Labute approximate surface area is 232 Å². The highest BCUT2D eigenvalue weighted by molar-refractivity contribution is 5.95. The summed E-state index contributed by atoms with van der Waals surface area (Å²) in [5, 5.41) is 21.7. The number of aromatic carboxylic acids is 1. The predicted octanol–water partition coefficient (Wildman–Crippen LogP) is 5.34. The fourth-order valence-electron chi connectivity index (χ4n) is 4.11. The third kappa shape index (κ3) is 9.58. The van der Waals surface area contributed by atoms with Crippen LogP contribution in [0.4, 0.5) is 5.69 Å². The van der Waals surface area contributed by atoms with Gasteiger partial charge in [-0.1, -0.05) is 30.3 Å². The number of carboxylic acids is 2. The quantitative estimate of drug-likeness (QED) is 0.152. The van der Waals surface area contributed by atoms with Gasteiger partial charge >= 0.3 is 11.9 Å². The van der Waals surface area contributed by atoms with Crippen molar-refractivity contribution >= 4 is 29.8 Å². The number of aryl methyl sites for hydroxylation is 1. The van der Waals surface area contributed by atoms with Crippen LogP contribution in [0.25, 0.3) is 0 Å². The first kappa shape index (κ1) is 29.9. The summed E-state index contributed by atoms with van der Waals surface area (Å²) in [6.07, 6.45) is 2.79. The molecular formula is C31H33NO8. The maximum atomic E-state index is 12.7. The van der Waals surface area contributed by atoms with E-state index in [2.05, 4.69) is 5.32 Å². The first-order chi connectivity index (χ1) is 19.4. The van der Waals surface area contributed by atoms with Crippen molar-refractivity contribution in [1.29, 1.82) is 0 Å². The van der Waals surface area contributed by atoms with Gasteiger partial charge < -0.3 is 29.8 Å². The Morgan fingerprint density at radius 3 is 2.23 bits per heavy atom. The second kappa shape index (κ2) is 15.7. The molecule has 1 atom stereocenters. The topological polar surface area (TPSA) is 139 Å². The second-order valence-corrected chi connectivity index (χ2v) is 9.15. The van der Waals surface area contributed by atoms with Crippen molar-refractivity contribution in [3.05, 3.63) is 89.5 Å². The van der Waals surface area contributed by atoms with Gasteiger partial charge in [-0.3, -0.25) is 9.59 Å². The van der Waals surface area contributed by atoms with Gasteiger partial charge in [0.1, 0.15) is 17.8 Å².